The number of hydrogen-bond acceptors (Lipinski definition) is 4. The van der Waals surface area contributed by atoms with Gasteiger partial charge in [0.1, 0.15) is 11.8 Å². The van der Waals surface area contributed by atoms with Crippen LogP contribution in [0.25, 0.3) is 0 Å². The van der Waals surface area contributed by atoms with Gasteiger partial charge in [0, 0.05) is 5.02 Å². The first-order valence-corrected chi connectivity index (χ1v) is 12.3. The van der Waals surface area contributed by atoms with Gasteiger partial charge in [-0.25, -0.2) is 4.90 Å². The Hall–Kier alpha value is -2.60. The van der Waals surface area contributed by atoms with Crippen molar-refractivity contribution in [2.24, 2.45) is 23.2 Å². The van der Waals surface area contributed by atoms with Crippen LogP contribution in [-0.2, 0) is 20.9 Å². The van der Waals surface area contributed by atoms with Gasteiger partial charge in [0.25, 0.3) is 5.91 Å². The quantitative estimate of drug-likeness (QED) is 0.593. The van der Waals surface area contributed by atoms with Crippen molar-refractivity contribution in [3.63, 3.8) is 0 Å². The van der Waals surface area contributed by atoms with Gasteiger partial charge < -0.3 is 9.32 Å². The summed E-state index contributed by atoms with van der Waals surface area (Å²) >= 11 is 5.99. The Balaban J connectivity index is 1.33. The summed E-state index contributed by atoms with van der Waals surface area (Å²) in [6.45, 7) is 0.200. The van der Waals surface area contributed by atoms with E-state index in [-0.39, 0.29) is 30.7 Å². The molecule has 1 unspecified atom stereocenters. The smallest absolute Gasteiger partial charge is 0.257 e. The molecule has 7 rings (SSSR count). The lowest BCUT2D eigenvalue weighted by atomic mass is 9.49. The van der Waals surface area contributed by atoms with Crippen molar-refractivity contribution in [3.8, 4) is 0 Å². The molecule has 0 radical (unpaired) electrons. The van der Waals surface area contributed by atoms with Crippen LogP contribution in [0.2, 0.25) is 5.02 Å². The van der Waals surface area contributed by atoms with Crippen molar-refractivity contribution in [2.45, 2.75) is 57.5 Å². The molecule has 4 saturated carbocycles. The van der Waals surface area contributed by atoms with Gasteiger partial charge in [-0.15, -0.1) is 0 Å². The van der Waals surface area contributed by atoms with E-state index < -0.39 is 11.5 Å². The first-order valence-electron chi connectivity index (χ1n) is 11.9. The van der Waals surface area contributed by atoms with E-state index in [4.69, 9.17) is 16.0 Å². The van der Waals surface area contributed by atoms with Crippen LogP contribution in [0.5, 0.6) is 0 Å². The van der Waals surface area contributed by atoms with E-state index >= 15 is 0 Å². The van der Waals surface area contributed by atoms with Crippen LogP contribution in [0, 0.1) is 23.2 Å². The van der Waals surface area contributed by atoms with E-state index in [9.17, 15) is 14.4 Å². The van der Waals surface area contributed by atoms with Crippen LogP contribution < -0.4 is 4.90 Å². The molecule has 33 heavy (non-hydrogen) atoms. The first kappa shape index (κ1) is 21.0. The van der Waals surface area contributed by atoms with Gasteiger partial charge >= 0.3 is 0 Å². The molecule has 1 aromatic carbocycles. The Kier molecular flexibility index (Phi) is 4.91. The Morgan fingerprint density at radius 1 is 1.03 bits per heavy atom. The summed E-state index contributed by atoms with van der Waals surface area (Å²) in [5.74, 6) is 1.83. The molecule has 4 bridgehead atoms. The summed E-state index contributed by atoms with van der Waals surface area (Å²) in [6, 6.07) is 9.43. The highest BCUT2D eigenvalue weighted by Crippen LogP contribution is 2.60. The van der Waals surface area contributed by atoms with Crippen LogP contribution in [0.1, 0.15) is 50.7 Å². The van der Waals surface area contributed by atoms with E-state index in [1.165, 1.54) is 24.2 Å². The maximum atomic E-state index is 14.2. The molecule has 5 aliphatic rings. The Bertz CT molecular complexity index is 1060. The second-order valence-corrected chi connectivity index (χ2v) is 10.9. The number of nitrogens with zero attached hydrogens (tertiary/aromatic N) is 2. The molecule has 7 heteroatoms. The maximum Gasteiger partial charge on any atom is 0.257 e. The van der Waals surface area contributed by atoms with Crippen molar-refractivity contribution in [1.29, 1.82) is 0 Å². The predicted molar refractivity (Wildman–Crippen MR) is 122 cm³/mol. The fraction of sp³-hybridized carbons (Fsp3) is 0.500. The van der Waals surface area contributed by atoms with Gasteiger partial charge in [-0.05, 0) is 92.7 Å². The summed E-state index contributed by atoms with van der Waals surface area (Å²) in [4.78, 5) is 43.6. The molecule has 3 amide bonds. The van der Waals surface area contributed by atoms with Gasteiger partial charge in [0.05, 0.1) is 30.3 Å². The predicted octanol–water partition coefficient (Wildman–Crippen LogP) is 4.81. The molecule has 172 valence electrons. The Morgan fingerprint density at radius 2 is 1.67 bits per heavy atom. The van der Waals surface area contributed by atoms with Crippen LogP contribution in [-0.4, -0.2) is 28.7 Å². The van der Waals surface area contributed by atoms with Gasteiger partial charge in [-0.1, -0.05) is 11.6 Å². The van der Waals surface area contributed by atoms with Crippen LogP contribution in [0.4, 0.5) is 5.69 Å². The van der Waals surface area contributed by atoms with Crippen LogP contribution >= 0.6 is 11.6 Å². The average Bonchev–Trinajstić information content (AvgIpc) is 3.39. The van der Waals surface area contributed by atoms with Crippen molar-refractivity contribution in [1.82, 2.24) is 4.90 Å². The van der Waals surface area contributed by atoms with Gasteiger partial charge in [0.15, 0.2) is 0 Å². The lowest BCUT2D eigenvalue weighted by Crippen LogP contribution is -2.57. The molecule has 2 aromatic rings. The number of benzene rings is 1. The minimum absolute atomic E-state index is 0.0136. The lowest BCUT2D eigenvalue weighted by molar-refractivity contribution is -0.162. The highest BCUT2D eigenvalue weighted by Gasteiger charge is 2.57. The monoisotopic (exact) mass is 466 g/mol. The van der Waals surface area contributed by atoms with Crippen molar-refractivity contribution >= 4 is 35.0 Å². The number of carbonyl (C=O) groups is 3. The number of carbonyl (C=O) groups excluding carboxylic acids is 3. The van der Waals surface area contributed by atoms with E-state index in [1.807, 2.05) is 6.07 Å². The van der Waals surface area contributed by atoms with Crippen LogP contribution in [0.3, 0.4) is 0 Å². The zero-order valence-corrected chi connectivity index (χ0v) is 19.2. The fourth-order valence-electron chi connectivity index (χ4n) is 7.29. The molecular formula is C26H27ClN2O4. The minimum Gasteiger partial charge on any atom is -0.467 e. The molecule has 6 nitrogen and oxygen atoms in total. The number of amides is 3. The molecule has 0 N–H and O–H groups in total. The SMILES string of the molecule is O=C1CC(N(Cc2ccco2)C(=O)C23CC4CC(CC(C4)C2)C3)C(=O)N1c1ccc(Cl)cc1. The van der Waals surface area contributed by atoms with E-state index in [0.717, 1.165) is 19.3 Å². The first-order chi connectivity index (χ1) is 15.9. The van der Waals surface area contributed by atoms with E-state index in [2.05, 4.69) is 0 Å². The van der Waals surface area contributed by atoms with Gasteiger partial charge in [0.2, 0.25) is 11.8 Å². The summed E-state index contributed by atoms with van der Waals surface area (Å²) in [7, 11) is 0. The normalized spacial score (nSPS) is 32.6. The molecule has 1 atom stereocenters. The van der Waals surface area contributed by atoms with Gasteiger partial charge in [-0.3, -0.25) is 14.4 Å². The number of furan rings is 1. The summed E-state index contributed by atoms with van der Waals surface area (Å²) in [5.41, 5.74) is 0.0790. The summed E-state index contributed by atoms with van der Waals surface area (Å²) in [6.07, 6.45) is 7.97. The fourth-order valence-corrected chi connectivity index (χ4v) is 7.42. The standard InChI is InChI=1S/C26H27ClN2O4/c27-19-3-5-20(6-4-19)29-23(30)11-22(24(29)31)28(15-21-2-1-7-33-21)25(32)26-12-16-8-17(13-26)10-18(9-16)14-26/h1-7,16-18,22H,8-15H2. The number of anilines is 1. The summed E-state index contributed by atoms with van der Waals surface area (Å²) < 4.78 is 5.56. The average molecular weight is 467 g/mol. The minimum atomic E-state index is -0.821. The zero-order valence-electron chi connectivity index (χ0n) is 18.4. The highest BCUT2D eigenvalue weighted by molar-refractivity contribution is 6.30. The van der Waals surface area contributed by atoms with E-state index in [1.54, 1.807) is 41.5 Å². The summed E-state index contributed by atoms with van der Waals surface area (Å²) in [5, 5.41) is 0.533. The number of rotatable bonds is 5. The molecule has 0 spiro atoms. The van der Waals surface area contributed by atoms with Crippen molar-refractivity contribution in [3.05, 3.63) is 53.4 Å². The van der Waals surface area contributed by atoms with Crippen LogP contribution in [0.15, 0.2) is 47.1 Å². The van der Waals surface area contributed by atoms with Crippen molar-refractivity contribution < 1.29 is 18.8 Å². The number of hydrogen-bond donors (Lipinski definition) is 0. The Morgan fingerprint density at radius 3 is 2.24 bits per heavy atom. The third-order valence-electron chi connectivity index (χ3n) is 8.24. The number of halogens is 1. The third-order valence-corrected chi connectivity index (χ3v) is 8.49. The molecule has 4 aliphatic carbocycles. The lowest BCUT2D eigenvalue weighted by Gasteiger charge is -2.56. The topological polar surface area (TPSA) is 70.8 Å². The molecule has 1 saturated heterocycles. The number of imide groups is 1. The highest BCUT2D eigenvalue weighted by atomic mass is 35.5. The Labute approximate surface area is 197 Å². The van der Waals surface area contributed by atoms with Crippen molar-refractivity contribution in [2.75, 3.05) is 4.90 Å². The molecule has 5 fully saturated rings. The zero-order chi connectivity index (χ0) is 22.7. The molecular weight excluding hydrogens is 440 g/mol. The third kappa shape index (κ3) is 3.50. The second-order valence-electron chi connectivity index (χ2n) is 10.5. The second kappa shape index (κ2) is 7.73. The molecule has 1 aromatic heterocycles. The van der Waals surface area contributed by atoms with Gasteiger partial charge in [-0.2, -0.15) is 0 Å². The molecule has 2 heterocycles. The van der Waals surface area contributed by atoms with E-state index in [0.29, 0.717) is 34.2 Å². The largest absolute Gasteiger partial charge is 0.467 e. The maximum absolute atomic E-state index is 14.2. The molecule has 1 aliphatic heterocycles.